The highest BCUT2D eigenvalue weighted by Gasteiger charge is 2.24. The first-order chi connectivity index (χ1) is 7.25. The minimum atomic E-state index is -0.443. The number of hydrogen-bond donors (Lipinski definition) is 2. The number of aliphatic hydroxyl groups is 1. The van der Waals surface area contributed by atoms with Crippen molar-refractivity contribution in [2.24, 2.45) is 5.92 Å². The molecule has 2 N–H and O–H groups in total. The lowest BCUT2D eigenvalue weighted by atomic mass is 10.1. The van der Waals surface area contributed by atoms with Gasteiger partial charge < -0.3 is 10.4 Å². The van der Waals surface area contributed by atoms with Crippen molar-refractivity contribution in [1.82, 2.24) is 9.97 Å². The molecule has 1 fully saturated rings. The van der Waals surface area contributed by atoms with Crippen molar-refractivity contribution >= 4 is 5.95 Å². The Bertz CT molecular complexity index is 317. The van der Waals surface area contributed by atoms with Crippen LogP contribution >= 0.6 is 0 Å². The highest BCUT2D eigenvalue weighted by molar-refractivity contribution is 5.22. The van der Waals surface area contributed by atoms with Gasteiger partial charge >= 0.3 is 0 Å². The number of rotatable bonds is 3. The number of hydrogen-bond acceptors (Lipinski definition) is 4. The molecule has 0 aromatic carbocycles. The van der Waals surface area contributed by atoms with Gasteiger partial charge in [-0.05, 0) is 12.8 Å². The zero-order valence-corrected chi connectivity index (χ0v) is 8.36. The summed E-state index contributed by atoms with van der Waals surface area (Å²) in [5, 5.41) is 12.6. The fourth-order valence-corrected chi connectivity index (χ4v) is 1.88. The van der Waals surface area contributed by atoms with E-state index in [2.05, 4.69) is 15.3 Å². The third kappa shape index (κ3) is 2.62. The molecule has 15 heavy (non-hydrogen) atoms. The van der Waals surface area contributed by atoms with Crippen LogP contribution in [0.4, 0.5) is 10.3 Å². The first kappa shape index (κ1) is 10.3. The van der Waals surface area contributed by atoms with Crippen LogP contribution in [0, 0.1) is 11.7 Å². The summed E-state index contributed by atoms with van der Waals surface area (Å²) in [4.78, 5) is 7.57. The molecule has 82 valence electrons. The van der Waals surface area contributed by atoms with Crippen LogP contribution in [-0.2, 0) is 0 Å². The number of nitrogens with zero attached hydrogens (tertiary/aromatic N) is 2. The van der Waals surface area contributed by atoms with Gasteiger partial charge in [0.05, 0.1) is 18.5 Å². The van der Waals surface area contributed by atoms with Gasteiger partial charge in [0, 0.05) is 12.5 Å². The average molecular weight is 211 g/mol. The van der Waals surface area contributed by atoms with Crippen LogP contribution in [0.25, 0.3) is 0 Å². The predicted octanol–water partition coefficient (Wildman–Crippen LogP) is 1.19. The lowest BCUT2D eigenvalue weighted by molar-refractivity contribution is 0.138. The molecule has 1 saturated carbocycles. The molecule has 1 heterocycles. The highest BCUT2D eigenvalue weighted by Crippen LogP contribution is 2.25. The molecule has 1 aromatic heterocycles. The maximum atomic E-state index is 12.5. The van der Waals surface area contributed by atoms with Crippen LogP contribution in [-0.4, -0.2) is 27.7 Å². The fraction of sp³-hybridized carbons (Fsp3) is 0.600. The standard InChI is InChI=1S/C10H14FN3O/c11-8-5-13-10(14-6-8)12-4-7-2-1-3-9(7)15/h5-7,9,15H,1-4H2,(H,12,13,14). The van der Waals surface area contributed by atoms with E-state index >= 15 is 0 Å². The second kappa shape index (κ2) is 4.53. The fourth-order valence-electron chi connectivity index (χ4n) is 1.88. The van der Waals surface area contributed by atoms with E-state index in [-0.39, 0.29) is 12.0 Å². The van der Waals surface area contributed by atoms with Gasteiger partial charge in [0.1, 0.15) is 0 Å². The van der Waals surface area contributed by atoms with Gasteiger partial charge in [0.25, 0.3) is 0 Å². The Kier molecular flexibility index (Phi) is 3.11. The molecule has 0 bridgehead atoms. The second-order valence-electron chi connectivity index (χ2n) is 3.86. The smallest absolute Gasteiger partial charge is 0.222 e. The Morgan fingerprint density at radius 1 is 1.40 bits per heavy atom. The van der Waals surface area contributed by atoms with Crippen LogP contribution in [0.15, 0.2) is 12.4 Å². The molecule has 0 aliphatic heterocycles. The molecule has 1 aliphatic rings. The molecule has 0 spiro atoms. The van der Waals surface area contributed by atoms with Crippen LogP contribution in [0.2, 0.25) is 0 Å². The Morgan fingerprint density at radius 2 is 2.13 bits per heavy atom. The largest absolute Gasteiger partial charge is 0.393 e. The molecule has 4 nitrogen and oxygen atoms in total. The van der Waals surface area contributed by atoms with Crippen molar-refractivity contribution in [1.29, 1.82) is 0 Å². The van der Waals surface area contributed by atoms with E-state index in [9.17, 15) is 9.50 Å². The molecule has 1 aromatic rings. The van der Waals surface area contributed by atoms with Crippen LogP contribution in [0.5, 0.6) is 0 Å². The lowest BCUT2D eigenvalue weighted by Crippen LogP contribution is -2.22. The summed E-state index contributed by atoms with van der Waals surface area (Å²) in [5.41, 5.74) is 0. The Hall–Kier alpha value is -1.23. The minimum Gasteiger partial charge on any atom is -0.393 e. The predicted molar refractivity (Wildman–Crippen MR) is 53.8 cm³/mol. The van der Waals surface area contributed by atoms with Crippen molar-refractivity contribution in [2.45, 2.75) is 25.4 Å². The number of aromatic nitrogens is 2. The number of aliphatic hydroxyl groups excluding tert-OH is 1. The number of anilines is 1. The van der Waals surface area contributed by atoms with Gasteiger partial charge in [-0.3, -0.25) is 0 Å². The minimum absolute atomic E-state index is 0.224. The molecular weight excluding hydrogens is 197 g/mol. The zero-order valence-electron chi connectivity index (χ0n) is 8.36. The van der Waals surface area contributed by atoms with Crippen molar-refractivity contribution < 1.29 is 9.50 Å². The quantitative estimate of drug-likeness (QED) is 0.788. The summed E-state index contributed by atoms with van der Waals surface area (Å²) in [7, 11) is 0. The van der Waals surface area contributed by atoms with Gasteiger partial charge in [0.2, 0.25) is 5.95 Å². The van der Waals surface area contributed by atoms with Crippen LogP contribution < -0.4 is 5.32 Å². The van der Waals surface area contributed by atoms with E-state index in [1.54, 1.807) is 0 Å². The van der Waals surface area contributed by atoms with E-state index in [1.807, 2.05) is 0 Å². The number of halogens is 1. The molecule has 0 radical (unpaired) electrons. The topological polar surface area (TPSA) is 58.0 Å². The Balaban J connectivity index is 1.85. The Labute approximate surface area is 87.6 Å². The Morgan fingerprint density at radius 3 is 2.73 bits per heavy atom. The summed E-state index contributed by atoms with van der Waals surface area (Å²) in [6.07, 6.45) is 4.99. The number of nitrogens with one attached hydrogen (secondary N) is 1. The second-order valence-corrected chi connectivity index (χ2v) is 3.86. The third-order valence-corrected chi connectivity index (χ3v) is 2.76. The average Bonchev–Trinajstić information content (AvgIpc) is 2.63. The van der Waals surface area contributed by atoms with Gasteiger partial charge in [-0.15, -0.1) is 0 Å². The van der Waals surface area contributed by atoms with E-state index in [0.29, 0.717) is 12.5 Å². The van der Waals surface area contributed by atoms with Gasteiger partial charge in [-0.2, -0.15) is 0 Å². The SMILES string of the molecule is OC1CCCC1CNc1ncc(F)cn1. The maximum Gasteiger partial charge on any atom is 0.222 e. The van der Waals surface area contributed by atoms with Crippen LogP contribution in [0.3, 0.4) is 0 Å². The van der Waals surface area contributed by atoms with E-state index in [0.717, 1.165) is 31.7 Å². The third-order valence-electron chi connectivity index (χ3n) is 2.76. The van der Waals surface area contributed by atoms with E-state index in [1.165, 1.54) is 0 Å². The molecule has 0 amide bonds. The summed E-state index contributed by atoms with van der Waals surface area (Å²) >= 11 is 0. The molecule has 2 rings (SSSR count). The summed E-state index contributed by atoms with van der Waals surface area (Å²) in [5.74, 6) is 0.232. The van der Waals surface area contributed by atoms with Gasteiger partial charge in [0.15, 0.2) is 5.82 Å². The molecule has 5 heteroatoms. The summed E-state index contributed by atoms with van der Waals surface area (Å²) < 4.78 is 12.5. The maximum absolute atomic E-state index is 12.5. The van der Waals surface area contributed by atoms with Gasteiger partial charge in [-0.25, -0.2) is 14.4 Å². The van der Waals surface area contributed by atoms with Crippen molar-refractivity contribution in [3.8, 4) is 0 Å². The summed E-state index contributed by atoms with van der Waals surface area (Å²) in [6.45, 7) is 0.646. The van der Waals surface area contributed by atoms with Crippen molar-refractivity contribution in [3.63, 3.8) is 0 Å². The van der Waals surface area contributed by atoms with Crippen molar-refractivity contribution in [3.05, 3.63) is 18.2 Å². The first-order valence-corrected chi connectivity index (χ1v) is 5.15. The molecule has 1 aliphatic carbocycles. The normalized spacial score (nSPS) is 25.5. The molecule has 2 unspecified atom stereocenters. The van der Waals surface area contributed by atoms with E-state index < -0.39 is 5.82 Å². The summed E-state index contributed by atoms with van der Waals surface area (Å²) in [6, 6.07) is 0. The highest BCUT2D eigenvalue weighted by atomic mass is 19.1. The van der Waals surface area contributed by atoms with E-state index in [4.69, 9.17) is 0 Å². The first-order valence-electron chi connectivity index (χ1n) is 5.15. The molecular formula is C10H14FN3O. The monoisotopic (exact) mass is 211 g/mol. The van der Waals surface area contributed by atoms with Crippen LogP contribution in [0.1, 0.15) is 19.3 Å². The zero-order chi connectivity index (χ0) is 10.7. The van der Waals surface area contributed by atoms with Gasteiger partial charge in [-0.1, -0.05) is 6.42 Å². The molecule has 2 atom stereocenters. The van der Waals surface area contributed by atoms with Crippen molar-refractivity contribution in [2.75, 3.05) is 11.9 Å². The lowest BCUT2D eigenvalue weighted by Gasteiger charge is -2.14. The molecule has 0 saturated heterocycles.